The van der Waals surface area contributed by atoms with Gasteiger partial charge in [-0.3, -0.25) is 9.36 Å². The quantitative estimate of drug-likeness (QED) is 0.151. The zero-order valence-electron chi connectivity index (χ0n) is 22.6. The van der Waals surface area contributed by atoms with Gasteiger partial charge in [0.15, 0.2) is 11.0 Å². The van der Waals surface area contributed by atoms with Crippen LogP contribution >= 0.6 is 11.8 Å². The van der Waals surface area contributed by atoms with Crippen molar-refractivity contribution in [2.75, 3.05) is 19.5 Å². The molecular weight excluding hydrogens is 512 g/mol. The number of aryl methyl sites for hydroxylation is 1. The number of aromatic nitrogens is 3. The van der Waals surface area contributed by atoms with E-state index in [-0.39, 0.29) is 5.91 Å². The van der Waals surface area contributed by atoms with Gasteiger partial charge in [0.25, 0.3) is 5.91 Å². The van der Waals surface area contributed by atoms with Crippen molar-refractivity contribution < 1.29 is 14.3 Å². The van der Waals surface area contributed by atoms with Crippen molar-refractivity contribution in [2.24, 2.45) is 5.10 Å². The monoisotopic (exact) mass is 544 g/mol. The third-order valence-corrected chi connectivity index (χ3v) is 7.04. The molecule has 0 aliphatic rings. The molecular formula is C29H32N6O3S. The first-order chi connectivity index (χ1) is 18.9. The molecule has 0 bridgehead atoms. The van der Waals surface area contributed by atoms with Crippen LogP contribution < -0.4 is 20.2 Å². The van der Waals surface area contributed by atoms with Gasteiger partial charge in [0.1, 0.15) is 11.5 Å². The summed E-state index contributed by atoms with van der Waals surface area (Å²) in [5.41, 5.74) is 7.14. The maximum absolute atomic E-state index is 13.0. The van der Waals surface area contributed by atoms with Crippen molar-refractivity contribution in [3.8, 4) is 17.2 Å². The van der Waals surface area contributed by atoms with E-state index < -0.39 is 5.25 Å². The number of thioether (sulfide) groups is 1. The minimum absolute atomic E-state index is 0.256. The number of nitrogens with one attached hydrogen (secondary N) is 2. The highest BCUT2D eigenvalue weighted by Gasteiger charge is 2.21. The van der Waals surface area contributed by atoms with Crippen LogP contribution in [0, 0.1) is 6.92 Å². The summed E-state index contributed by atoms with van der Waals surface area (Å²) < 4.78 is 12.7. The molecule has 39 heavy (non-hydrogen) atoms. The molecule has 10 heteroatoms. The highest BCUT2D eigenvalue weighted by atomic mass is 32.2. The summed E-state index contributed by atoms with van der Waals surface area (Å²) in [6.07, 6.45) is 0. The van der Waals surface area contributed by atoms with E-state index in [0.29, 0.717) is 28.9 Å². The maximum atomic E-state index is 13.0. The summed E-state index contributed by atoms with van der Waals surface area (Å²) in [6, 6.07) is 23.5. The number of methoxy groups -OCH3 is 2. The lowest BCUT2D eigenvalue weighted by atomic mass is 10.1. The number of hydrazone groups is 1. The van der Waals surface area contributed by atoms with Crippen LogP contribution in [0.5, 0.6) is 11.5 Å². The maximum Gasteiger partial charge on any atom is 0.253 e. The summed E-state index contributed by atoms with van der Waals surface area (Å²) in [4.78, 5) is 13.0. The van der Waals surface area contributed by atoms with Crippen LogP contribution in [0.2, 0.25) is 0 Å². The number of carbonyl (C=O) groups is 1. The Bertz CT molecular complexity index is 1440. The van der Waals surface area contributed by atoms with E-state index in [9.17, 15) is 4.79 Å². The van der Waals surface area contributed by atoms with Crippen LogP contribution in [-0.2, 0) is 11.3 Å². The second-order valence-corrected chi connectivity index (χ2v) is 10.1. The molecule has 1 heterocycles. The minimum Gasteiger partial charge on any atom is -0.497 e. The zero-order valence-corrected chi connectivity index (χ0v) is 23.5. The first-order valence-corrected chi connectivity index (χ1v) is 13.3. The van der Waals surface area contributed by atoms with E-state index in [4.69, 9.17) is 9.47 Å². The molecule has 0 aliphatic carbocycles. The summed E-state index contributed by atoms with van der Waals surface area (Å²) in [5, 5.41) is 16.7. The number of nitrogens with zero attached hydrogens (tertiary/aromatic N) is 4. The summed E-state index contributed by atoms with van der Waals surface area (Å²) >= 11 is 1.32. The Balaban J connectivity index is 1.49. The average molecular weight is 545 g/mol. The highest BCUT2D eigenvalue weighted by Crippen LogP contribution is 2.27. The van der Waals surface area contributed by atoms with Crippen LogP contribution in [0.4, 0.5) is 5.69 Å². The molecule has 2 N–H and O–H groups in total. The molecule has 0 radical (unpaired) electrons. The minimum atomic E-state index is -0.483. The Morgan fingerprint density at radius 2 is 1.77 bits per heavy atom. The second kappa shape index (κ2) is 13.0. The summed E-state index contributed by atoms with van der Waals surface area (Å²) in [6.45, 7) is 6.15. The molecule has 4 rings (SSSR count). The third kappa shape index (κ3) is 6.97. The van der Waals surface area contributed by atoms with Gasteiger partial charge in [-0.15, -0.1) is 10.2 Å². The SMILES string of the molecule is COc1ccc(C(C)=NNC(=O)[C@@H](C)Sc2nnc(CNc3ccc(C)cc3)n2-c2ccccc2)c(OC)c1. The fourth-order valence-corrected chi connectivity index (χ4v) is 4.66. The highest BCUT2D eigenvalue weighted by molar-refractivity contribution is 8.00. The molecule has 0 spiro atoms. The molecule has 0 aliphatic heterocycles. The van der Waals surface area contributed by atoms with E-state index >= 15 is 0 Å². The van der Waals surface area contributed by atoms with Crippen LogP contribution in [0.3, 0.4) is 0 Å². The van der Waals surface area contributed by atoms with Gasteiger partial charge in [0.05, 0.1) is 31.7 Å². The number of ether oxygens (including phenoxy) is 2. The molecule has 0 fully saturated rings. The van der Waals surface area contributed by atoms with Gasteiger partial charge in [-0.2, -0.15) is 5.10 Å². The van der Waals surface area contributed by atoms with Gasteiger partial charge in [-0.05, 0) is 57.2 Å². The summed E-state index contributed by atoms with van der Waals surface area (Å²) in [7, 11) is 3.17. The standard InChI is InChI=1S/C29H32N6O3S/c1-19-11-13-22(14-12-19)30-18-27-32-34-29(35(27)23-9-7-6-8-10-23)39-21(3)28(36)33-31-20(2)25-16-15-24(37-4)17-26(25)38-5/h6-17,21,30H,18H2,1-5H3,(H,33,36)/t21-/m1/s1. The van der Waals surface area contributed by atoms with Gasteiger partial charge in [-0.25, -0.2) is 5.43 Å². The predicted octanol–water partition coefficient (Wildman–Crippen LogP) is 5.23. The summed E-state index contributed by atoms with van der Waals surface area (Å²) in [5.74, 6) is 1.76. The van der Waals surface area contributed by atoms with Gasteiger partial charge >= 0.3 is 0 Å². The fraction of sp³-hybridized carbons (Fsp3) is 0.241. The second-order valence-electron chi connectivity index (χ2n) is 8.79. The molecule has 1 amide bonds. The lowest BCUT2D eigenvalue weighted by Crippen LogP contribution is -2.28. The molecule has 1 aromatic heterocycles. The van der Waals surface area contributed by atoms with Crippen LogP contribution in [0.1, 0.15) is 30.8 Å². The lowest BCUT2D eigenvalue weighted by molar-refractivity contribution is -0.120. The molecule has 9 nitrogen and oxygen atoms in total. The van der Waals surface area contributed by atoms with Crippen molar-refractivity contribution in [1.29, 1.82) is 0 Å². The van der Waals surface area contributed by atoms with E-state index in [1.165, 1.54) is 17.3 Å². The number of rotatable bonds is 11. The van der Waals surface area contributed by atoms with Gasteiger partial charge in [0, 0.05) is 23.0 Å². The molecule has 0 saturated carbocycles. The average Bonchev–Trinajstić information content (AvgIpc) is 3.37. The van der Waals surface area contributed by atoms with Gasteiger partial charge in [0.2, 0.25) is 0 Å². The molecule has 202 valence electrons. The Kier molecular flexibility index (Phi) is 9.22. The smallest absolute Gasteiger partial charge is 0.253 e. The molecule has 4 aromatic rings. The van der Waals surface area contributed by atoms with Crippen LogP contribution in [0.15, 0.2) is 83.1 Å². The van der Waals surface area contributed by atoms with Crippen LogP contribution in [0.25, 0.3) is 5.69 Å². The third-order valence-electron chi connectivity index (χ3n) is 6.00. The Labute approximate surface area is 232 Å². The number of para-hydroxylation sites is 1. The van der Waals surface area contributed by atoms with Crippen LogP contribution in [-0.4, -0.2) is 45.9 Å². The lowest BCUT2D eigenvalue weighted by Gasteiger charge is -2.14. The molecule has 0 unspecified atom stereocenters. The normalized spacial score (nSPS) is 12.1. The topological polar surface area (TPSA) is 103 Å². The number of carbonyl (C=O) groups excluding carboxylic acids is 1. The van der Waals surface area contributed by atoms with Crippen molar-refractivity contribution in [3.05, 3.63) is 89.7 Å². The Hall–Kier alpha value is -4.31. The van der Waals surface area contributed by atoms with Crippen molar-refractivity contribution >= 4 is 29.1 Å². The molecule has 0 saturated heterocycles. The van der Waals surface area contributed by atoms with Crippen molar-refractivity contribution in [3.63, 3.8) is 0 Å². The van der Waals surface area contributed by atoms with Gasteiger partial charge in [-0.1, -0.05) is 47.7 Å². The Morgan fingerprint density at radius 3 is 2.46 bits per heavy atom. The van der Waals surface area contributed by atoms with Gasteiger partial charge < -0.3 is 14.8 Å². The largest absolute Gasteiger partial charge is 0.497 e. The van der Waals surface area contributed by atoms with Crippen molar-refractivity contribution in [1.82, 2.24) is 20.2 Å². The number of anilines is 1. The van der Waals surface area contributed by atoms with Crippen molar-refractivity contribution in [2.45, 2.75) is 37.7 Å². The number of hydrogen-bond acceptors (Lipinski definition) is 8. The van der Waals surface area contributed by atoms with E-state index in [1.54, 1.807) is 20.3 Å². The van der Waals surface area contributed by atoms with E-state index in [1.807, 2.05) is 73.0 Å². The Morgan fingerprint density at radius 1 is 1.03 bits per heavy atom. The first-order valence-electron chi connectivity index (χ1n) is 12.4. The van der Waals surface area contributed by atoms with E-state index in [0.717, 1.165) is 22.8 Å². The predicted molar refractivity (Wildman–Crippen MR) is 155 cm³/mol. The fourth-order valence-electron chi connectivity index (χ4n) is 3.78. The van der Waals surface area contributed by atoms with E-state index in [2.05, 4.69) is 45.1 Å². The molecule has 3 aromatic carbocycles. The number of hydrogen-bond donors (Lipinski definition) is 2. The number of benzene rings is 3. The number of amides is 1. The zero-order chi connectivity index (χ0) is 27.8. The molecule has 1 atom stereocenters. The first kappa shape index (κ1) is 27.7.